The van der Waals surface area contributed by atoms with Crippen molar-refractivity contribution in [2.24, 2.45) is 5.92 Å². The van der Waals surface area contributed by atoms with Crippen molar-refractivity contribution in [1.29, 1.82) is 0 Å². The van der Waals surface area contributed by atoms with Crippen molar-refractivity contribution < 1.29 is 38.0 Å². The van der Waals surface area contributed by atoms with Crippen LogP contribution in [-0.2, 0) is 0 Å². The number of β-amino-alcohol motifs (C(OH)–C–C–N with tert-alkyl or cyclic N) is 2. The van der Waals surface area contributed by atoms with Crippen LogP contribution in [0.5, 0.6) is 17.2 Å². The van der Waals surface area contributed by atoms with Gasteiger partial charge in [-0.3, -0.25) is 14.1 Å². The number of rotatable bonds is 12. The molecule has 38 heavy (non-hydrogen) atoms. The lowest BCUT2D eigenvalue weighted by molar-refractivity contribution is -0.0502. The molecule has 2 aromatic heterocycles. The molecule has 9 nitrogen and oxygen atoms in total. The third-order valence-corrected chi connectivity index (χ3v) is 6.89. The van der Waals surface area contributed by atoms with Crippen LogP contribution in [0.1, 0.15) is 36.0 Å². The zero-order chi connectivity index (χ0) is 26.8. The molecule has 0 bridgehead atoms. The molecule has 1 saturated heterocycles. The SMILES string of the molecule is COc1cc(-c2cnc3cc(OCC(O)CN4CC[C@@H](O)C4)ccn23)cc(OC(F)F)c1C(=O)CC1CC1. The predicted molar refractivity (Wildman–Crippen MR) is 134 cm³/mol. The first-order valence-corrected chi connectivity index (χ1v) is 12.7. The van der Waals surface area contributed by atoms with E-state index in [2.05, 4.69) is 4.98 Å². The number of imidazole rings is 1. The van der Waals surface area contributed by atoms with Gasteiger partial charge in [0, 0.05) is 43.9 Å². The number of pyridine rings is 1. The zero-order valence-corrected chi connectivity index (χ0v) is 21.1. The van der Waals surface area contributed by atoms with Crippen molar-refractivity contribution in [3.05, 3.63) is 42.2 Å². The first kappa shape index (κ1) is 26.3. The average molecular weight is 532 g/mol. The molecule has 2 aliphatic rings. The van der Waals surface area contributed by atoms with Gasteiger partial charge in [0.05, 0.1) is 25.1 Å². The van der Waals surface area contributed by atoms with E-state index in [1.165, 1.54) is 13.2 Å². The van der Waals surface area contributed by atoms with E-state index in [4.69, 9.17) is 14.2 Å². The number of benzene rings is 1. The van der Waals surface area contributed by atoms with Gasteiger partial charge in [-0.2, -0.15) is 8.78 Å². The predicted octanol–water partition coefficient (Wildman–Crippen LogP) is 3.40. The Labute approximate surface area is 218 Å². The maximum atomic E-state index is 13.3. The number of fused-ring (bicyclic) bond motifs is 1. The van der Waals surface area contributed by atoms with E-state index in [-0.39, 0.29) is 47.9 Å². The Hall–Kier alpha value is -3.28. The minimum atomic E-state index is -3.10. The van der Waals surface area contributed by atoms with Gasteiger partial charge >= 0.3 is 6.61 Å². The smallest absolute Gasteiger partial charge is 0.387 e. The number of aliphatic hydroxyl groups is 2. The highest BCUT2D eigenvalue weighted by Gasteiger charge is 2.30. The molecule has 1 aromatic carbocycles. The van der Waals surface area contributed by atoms with Crippen molar-refractivity contribution in [3.8, 4) is 28.5 Å². The van der Waals surface area contributed by atoms with E-state index in [0.717, 1.165) is 19.4 Å². The summed E-state index contributed by atoms with van der Waals surface area (Å²) in [5.41, 5.74) is 1.64. The summed E-state index contributed by atoms with van der Waals surface area (Å²) < 4.78 is 44.2. The number of likely N-dealkylation sites (tertiary alicyclic amines) is 1. The number of ether oxygens (including phenoxy) is 3. The molecule has 1 saturated carbocycles. The fourth-order valence-electron chi connectivity index (χ4n) is 4.84. The fourth-order valence-corrected chi connectivity index (χ4v) is 4.84. The number of halogens is 2. The van der Waals surface area contributed by atoms with E-state index in [1.54, 1.807) is 35.0 Å². The van der Waals surface area contributed by atoms with Crippen molar-refractivity contribution in [2.75, 3.05) is 33.4 Å². The molecule has 0 amide bonds. The summed E-state index contributed by atoms with van der Waals surface area (Å²) >= 11 is 0. The summed E-state index contributed by atoms with van der Waals surface area (Å²) in [5, 5.41) is 19.9. The normalized spacial score (nSPS) is 18.7. The Morgan fingerprint density at radius 3 is 2.68 bits per heavy atom. The van der Waals surface area contributed by atoms with Crippen LogP contribution in [0.25, 0.3) is 16.9 Å². The van der Waals surface area contributed by atoms with Gasteiger partial charge in [0.1, 0.15) is 41.2 Å². The maximum Gasteiger partial charge on any atom is 0.387 e. The second kappa shape index (κ2) is 11.2. The van der Waals surface area contributed by atoms with E-state index in [1.807, 2.05) is 4.90 Å². The van der Waals surface area contributed by atoms with Gasteiger partial charge in [0.15, 0.2) is 5.78 Å². The van der Waals surface area contributed by atoms with Crippen LogP contribution in [0.15, 0.2) is 36.7 Å². The van der Waals surface area contributed by atoms with Gasteiger partial charge < -0.3 is 24.4 Å². The monoisotopic (exact) mass is 531 g/mol. The number of alkyl halides is 2. The first-order chi connectivity index (χ1) is 18.3. The van der Waals surface area contributed by atoms with Gasteiger partial charge in [0.25, 0.3) is 0 Å². The highest BCUT2D eigenvalue weighted by Crippen LogP contribution is 2.40. The number of carbonyl (C=O) groups excluding carboxylic acids is 1. The van der Waals surface area contributed by atoms with E-state index in [0.29, 0.717) is 42.2 Å². The molecule has 2 N–H and O–H groups in total. The van der Waals surface area contributed by atoms with Crippen molar-refractivity contribution >= 4 is 11.4 Å². The Morgan fingerprint density at radius 2 is 2.00 bits per heavy atom. The van der Waals surface area contributed by atoms with Gasteiger partial charge in [-0.05, 0) is 43.4 Å². The van der Waals surface area contributed by atoms with Gasteiger partial charge in [0.2, 0.25) is 0 Å². The van der Waals surface area contributed by atoms with E-state index < -0.39 is 12.7 Å². The quantitative estimate of drug-likeness (QED) is 0.343. The standard InChI is InChI=1S/C27H31F2N3O6/c1-36-23-9-17(10-24(38-27(28)29)26(23)22(35)8-16-2-3-16)21-12-30-25-11-20(5-7-32(21)25)37-15-19(34)14-31-6-4-18(33)13-31/h5,7,9-12,16,18-19,27,33-34H,2-4,6,8,13-15H2,1H3/t18-,19?/m1/s1. The van der Waals surface area contributed by atoms with Gasteiger partial charge in [-0.1, -0.05) is 0 Å². The summed E-state index contributed by atoms with van der Waals surface area (Å²) in [6.45, 7) is -1.32. The highest BCUT2D eigenvalue weighted by molar-refractivity contribution is 6.02. The Balaban J connectivity index is 1.36. The molecule has 11 heteroatoms. The number of nitrogens with zero attached hydrogens (tertiary/aromatic N) is 3. The topological polar surface area (TPSA) is 106 Å². The first-order valence-electron chi connectivity index (χ1n) is 12.7. The number of hydrogen-bond donors (Lipinski definition) is 2. The lowest BCUT2D eigenvalue weighted by Gasteiger charge is -2.19. The molecule has 204 valence electrons. The van der Waals surface area contributed by atoms with Crippen LogP contribution in [-0.4, -0.2) is 82.5 Å². The second-order valence-corrected chi connectivity index (χ2v) is 9.90. The number of aromatic nitrogens is 2. The highest BCUT2D eigenvalue weighted by atomic mass is 19.3. The molecule has 3 heterocycles. The molecule has 1 unspecified atom stereocenters. The summed E-state index contributed by atoms with van der Waals surface area (Å²) in [4.78, 5) is 19.3. The summed E-state index contributed by atoms with van der Waals surface area (Å²) in [7, 11) is 1.39. The lowest BCUT2D eigenvalue weighted by Crippen LogP contribution is -2.34. The molecule has 2 atom stereocenters. The largest absolute Gasteiger partial charge is 0.496 e. The van der Waals surface area contributed by atoms with Crippen LogP contribution in [0.3, 0.4) is 0 Å². The molecular weight excluding hydrogens is 500 g/mol. The number of ketones is 1. The third kappa shape index (κ3) is 6.06. The molecule has 0 spiro atoms. The van der Waals surface area contributed by atoms with Gasteiger partial charge in [-0.15, -0.1) is 0 Å². The minimum Gasteiger partial charge on any atom is -0.496 e. The number of aliphatic hydroxyl groups excluding tert-OH is 2. The van der Waals surface area contributed by atoms with E-state index >= 15 is 0 Å². The van der Waals surface area contributed by atoms with Crippen LogP contribution in [0.2, 0.25) is 0 Å². The summed E-state index contributed by atoms with van der Waals surface area (Å²) in [5.74, 6) is 0.438. The molecule has 0 radical (unpaired) electrons. The number of carbonyl (C=O) groups is 1. The Bertz CT molecular complexity index is 1300. The Morgan fingerprint density at radius 1 is 1.21 bits per heavy atom. The number of hydrogen-bond acceptors (Lipinski definition) is 8. The van der Waals surface area contributed by atoms with E-state index in [9.17, 15) is 23.8 Å². The molecular formula is C27H31F2N3O6. The van der Waals surface area contributed by atoms with Crippen molar-refractivity contribution in [1.82, 2.24) is 14.3 Å². The van der Waals surface area contributed by atoms with Crippen LogP contribution >= 0.6 is 0 Å². The lowest BCUT2D eigenvalue weighted by atomic mass is 10.00. The van der Waals surface area contributed by atoms with Crippen LogP contribution < -0.4 is 14.2 Å². The number of Topliss-reactive ketones (excluding diaryl/α,β-unsaturated/α-hetero) is 1. The summed E-state index contributed by atoms with van der Waals surface area (Å²) in [6.07, 6.45) is 5.11. The van der Waals surface area contributed by atoms with Crippen molar-refractivity contribution in [3.63, 3.8) is 0 Å². The maximum absolute atomic E-state index is 13.3. The molecule has 1 aliphatic heterocycles. The minimum absolute atomic E-state index is 0.0231. The average Bonchev–Trinajstić information content (AvgIpc) is 3.44. The van der Waals surface area contributed by atoms with Gasteiger partial charge in [-0.25, -0.2) is 4.98 Å². The number of methoxy groups -OCH3 is 1. The Kier molecular flexibility index (Phi) is 7.78. The molecule has 2 fully saturated rings. The zero-order valence-electron chi connectivity index (χ0n) is 21.1. The van der Waals surface area contributed by atoms with Crippen LogP contribution in [0.4, 0.5) is 8.78 Å². The second-order valence-electron chi connectivity index (χ2n) is 9.90. The van der Waals surface area contributed by atoms with Crippen LogP contribution in [0, 0.1) is 5.92 Å². The molecule has 5 rings (SSSR count). The third-order valence-electron chi connectivity index (χ3n) is 6.89. The summed E-state index contributed by atoms with van der Waals surface area (Å²) in [6, 6.07) is 6.45. The molecule has 3 aromatic rings. The molecule has 1 aliphatic carbocycles. The van der Waals surface area contributed by atoms with Crippen molar-refractivity contribution in [2.45, 2.75) is 44.5 Å². The fraction of sp³-hybridized carbons (Fsp3) is 0.481.